The lowest BCUT2D eigenvalue weighted by atomic mass is 10.1. The molecule has 0 aliphatic rings. The van der Waals surface area contributed by atoms with Crippen LogP contribution in [-0.2, 0) is 10.0 Å². The van der Waals surface area contributed by atoms with Gasteiger partial charge in [-0.3, -0.25) is 0 Å². The number of aliphatic hydroxyl groups excluding tert-OH is 2. The van der Waals surface area contributed by atoms with E-state index in [1.165, 1.54) is 27.2 Å². The number of aliphatic hydroxyl groups is 2. The van der Waals surface area contributed by atoms with Crippen molar-refractivity contribution in [1.29, 1.82) is 0 Å². The molecule has 0 aliphatic heterocycles. The van der Waals surface area contributed by atoms with Crippen molar-refractivity contribution in [2.24, 2.45) is 0 Å². The fourth-order valence-corrected chi connectivity index (χ4v) is 3.38. The van der Waals surface area contributed by atoms with E-state index >= 15 is 0 Å². The molecule has 0 radical (unpaired) electrons. The van der Waals surface area contributed by atoms with Crippen molar-refractivity contribution < 1.29 is 28.1 Å². The summed E-state index contributed by atoms with van der Waals surface area (Å²) in [6.45, 7) is 1.95. The lowest BCUT2D eigenvalue weighted by molar-refractivity contribution is 0.121. The monoisotopic (exact) mass is 319 g/mol. The number of nitrogens with one attached hydrogen (secondary N) is 1. The highest BCUT2D eigenvalue weighted by molar-refractivity contribution is 7.89. The van der Waals surface area contributed by atoms with E-state index in [-0.39, 0.29) is 10.6 Å². The van der Waals surface area contributed by atoms with Crippen LogP contribution in [0.3, 0.4) is 0 Å². The number of rotatable bonds is 7. The van der Waals surface area contributed by atoms with Crippen LogP contribution in [0, 0.1) is 6.92 Å². The number of benzene rings is 1. The summed E-state index contributed by atoms with van der Waals surface area (Å²) in [6.07, 6.45) is 0. The summed E-state index contributed by atoms with van der Waals surface area (Å²) in [5.41, 5.74) is -0.892. The number of hydrogen-bond donors (Lipinski definition) is 3. The second kappa shape index (κ2) is 6.61. The van der Waals surface area contributed by atoms with E-state index in [0.717, 1.165) is 0 Å². The molecule has 0 saturated heterocycles. The van der Waals surface area contributed by atoms with Gasteiger partial charge in [0.05, 0.1) is 37.9 Å². The minimum Gasteiger partial charge on any atom is -0.493 e. The van der Waals surface area contributed by atoms with Crippen molar-refractivity contribution in [3.05, 3.63) is 17.7 Å². The van der Waals surface area contributed by atoms with Crippen molar-refractivity contribution >= 4 is 10.0 Å². The van der Waals surface area contributed by atoms with Crippen LogP contribution in [0.4, 0.5) is 0 Å². The third kappa shape index (κ3) is 3.85. The molecule has 0 fully saturated rings. The highest BCUT2D eigenvalue weighted by atomic mass is 32.2. The molecule has 0 aromatic heterocycles. The molecule has 8 heteroatoms. The van der Waals surface area contributed by atoms with Crippen molar-refractivity contribution in [1.82, 2.24) is 4.72 Å². The Morgan fingerprint density at radius 3 is 2.05 bits per heavy atom. The Bertz CT molecular complexity index is 595. The summed E-state index contributed by atoms with van der Waals surface area (Å²) >= 11 is 0. The van der Waals surface area contributed by atoms with Gasteiger partial charge in [-0.2, -0.15) is 0 Å². The Labute approximate surface area is 124 Å². The SMILES string of the molecule is COc1cc(C)c(S(=O)(=O)NC(C)(CO)CO)cc1OC. The van der Waals surface area contributed by atoms with Crippen LogP contribution >= 0.6 is 0 Å². The number of aryl methyl sites for hydroxylation is 1. The zero-order valence-corrected chi connectivity index (χ0v) is 13.3. The fraction of sp³-hybridized carbons (Fsp3) is 0.538. The van der Waals surface area contributed by atoms with Crippen molar-refractivity contribution in [2.75, 3.05) is 27.4 Å². The van der Waals surface area contributed by atoms with E-state index in [2.05, 4.69) is 4.72 Å². The highest BCUT2D eigenvalue weighted by Crippen LogP contribution is 2.32. The van der Waals surface area contributed by atoms with E-state index in [0.29, 0.717) is 11.3 Å². The maximum Gasteiger partial charge on any atom is 0.241 e. The van der Waals surface area contributed by atoms with E-state index in [4.69, 9.17) is 9.47 Å². The van der Waals surface area contributed by atoms with Crippen LogP contribution in [0.2, 0.25) is 0 Å². The molecule has 21 heavy (non-hydrogen) atoms. The Morgan fingerprint density at radius 2 is 1.62 bits per heavy atom. The molecule has 1 rings (SSSR count). The van der Waals surface area contributed by atoms with Crippen molar-refractivity contribution in [2.45, 2.75) is 24.3 Å². The lowest BCUT2D eigenvalue weighted by Gasteiger charge is -2.26. The Hall–Kier alpha value is -1.35. The van der Waals surface area contributed by atoms with Crippen LogP contribution in [-0.4, -0.2) is 51.6 Å². The molecule has 0 aliphatic carbocycles. The molecular weight excluding hydrogens is 298 g/mol. The van der Waals surface area contributed by atoms with E-state index in [9.17, 15) is 18.6 Å². The van der Waals surface area contributed by atoms with Gasteiger partial charge in [0, 0.05) is 6.07 Å². The van der Waals surface area contributed by atoms with Gasteiger partial charge < -0.3 is 19.7 Å². The summed E-state index contributed by atoms with van der Waals surface area (Å²) in [7, 11) is -1.07. The summed E-state index contributed by atoms with van der Waals surface area (Å²) in [5.74, 6) is 0.694. The third-order valence-corrected chi connectivity index (χ3v) is 4.83. The predicted octanol–water partition coefficient (Wildman–Crippen LogP) is 0.0338. The van der Waals surface area contributed by atoms with Crippen LogP contribution < -0.4 is 14.2 Å². The number of hydrogen-bond acceptors (Lipinski definition) is 6. The van der Waals surface area contributed by atoms with Crippen LogP contribution in [0.25, 0.3) is 0 Å². The first-order valence-electron chi connectivity index (χ1n) is 6.21. The van der Waals surface area contributed by atoms with Gasteiger partial charge in [0.2, 0.25) is 10.0 Å². The van der Waals surface area contributed by atoms with E-state index < -0.39 is 28.8 Å². The standard InChI is InChI=1S/C13H21NO6S/c1-9-5-10(19-3)11(20-4)6-12(9)21(17,18)14-13(2,7-15)8-16/h5-6,14-16H,7-8H2,1-4H3. The molecular formula is C13H21NO6S. The molecule has 0 amide bonds. The Balaban J connectivity index is 3.32. The van der Waals surface area contributed by atoms with Crippen LogP contribution in [0.15, 0.2) is 17.0 Å². The molecule has 1 aromatic rings. The quantitative estimate of drug-likeness (QED) is 0.655. The van der Waals surface area contributed by atoms with Crippen LogP contribution in [0.5, 0.6) is 11.5 Å². The Morgan fingerprint density at radius 1 is 1.14 bits per heavy atom. The van der Waals surface area contributed by atoms with Crippen LogP contribution in [0.1, 0.15) is 12.5 Å². The maximum atomic E-state index is 12.4. The largest absolute Gasteiger partial charge is 0.493 e. The molecule has 0 bridgehead atoms. The molecule has 7 nitrogen and oxygen atoms in total. The molecule has 0 unspecified atom stereocenters. The molecule has 0 saturated carbocycles. The first-order valence-corrected chi connectivity index (χ1v) is 7.69. The molecule has 0 atom stereocenters. The summed E-state index contributed by atoms with van der Waals surface area (Å²) in [6, 6.07) is 2.88. The molecule has 120 valence electrons. The zero-order chi connectivity index (χ0) is 16.3. The molecule has 0 heterocycles. The van der Waals surface area contributed by atoms with Gasteiger partial charge in [0.1, 0.15) is 0 Å². The summed E-state index contributed by atoms with van der Waals surface area (Å²) < 4.78 is 37.3. The van der Waals surface area contributed by atoms with Gasteiger partial charge in [0.15, 0.2) is 11.5 Å². The zero-order valence-electron chi connectivity index (χ0n) is 12.5. The van der Waals surface area contributed by atoms with Crippen molar-refractivity contribution in [3.8, 4) is 11.5 Å². The average molecular weight is 319 g/mol. The topological polar surface area (TPSA) is 105 Å². The van der Waals surface area contributed by atoms with Gasteiger partial charge in [-0.15, -0.1) is 0 Å². The van der Waals surface area contributed by atoms with Gasteiger partial charge in [-0.1, -0.05) is 0 Å². The fourth-order valence-electron chi connectivity index (χ4n) is 1.75. The minimum atomic E-state index is -3.94. The number of methoxy groups -OCH3 is 2. The Kier molecular flexibility index (Phi) is 5.57. The number of ether oxygens (including phenoxy) is 2. The molecule has 3 N–H and O–H groups in total. The molecule has 0 spiro atoms. The van der Waals surface area contributed by atoms with E-state index in [1.807, 2.05) is 0 Å². The number of sulfonamides is 1. The van der Waals surface area contributed by atoms with E-state index in [1.54, 1.807) is 13.0 Å². The predicted molar refractivity (Wildman–Crippen MR) is 77.2 cm³/mol. The normalized spacial score (nSPS) is 12.3. The van der Waals surface area contributed by atoms with Gasteiger partial charge in [0.25, 0.3) is 0 Å². The summed E-state index contributed by atoms with van der Waals surface area (Å²) in [4.78, 5) is -0.00623. The highest BCUT2D eigenvalue weighted by Gasteiger charge is 2.31. The summed E-state index contributed by atoms with van der Waals surface area (Å²) in [5, 5.41) is 18.4. The van der Waals surface area contributed by atoms with Gasteiger partial charge in [-0.05, 0) is 25.5 Å². The van der Waals surface area contributed by atoms with Crippen molar-refractivity contribution in [3.63, 3.8) is 0 Å². The molecule has 1 aromatic carbocycles. The first-order chi connectivity index (χ1) is 9.72. The first kappa shape index (κ1) is 17.7. The third-order valence-electron chi connectivity index (χ3n) is 3.05. The lowest BCUT2D eigenvalue weighted by Crippen LogP contribution is -2.51. The smallest absolute Gasteiger partial charge is 0.241 e. The second-order valence-electron chi connectivity index (χ2n) is 4.96. The minimum absolute atomic E-state index is 0.00623. The second-order valence-corrected chi connectivity index (χ2v) is 6.61. The average Bonchev–Trinajstić information content (AvgIpc) is 2.45. The van der Waals surface area contributed by atoms with Gasteiger partial charge >= 0.3 is 0 Å². The van der Waals surface area contributed by atoms with Gasteiger partial charge in [-0.25, -0.2) is 13.1 Å². The maximum absolute atomic E-state index is 12.4.